The van der Waals surface area contributed by atoms with Gasteiger partial charge in [-0.05, 0) is 29.8 Å². The summed E-state index contributed by atoms with van der Waals surface area (Å²) in [5.74, 6) is 1.74. The van der Waals surface area contributed by atoms with E-state index >= 15 is 0 Å². The Bertz CT molecular complexity index is 1060. The predicted molar refractivity (Wildman–Crippen MR) is 109 cm³/mol. The summed E-state index contributed by atoms with van der Waals surface area (Å²) in [6, 6.07) is 12.2. The highest BCUT2D eigenvalue weighted by atomic mass is 19.1. The number of ether oxygens (including phenoxy) is 2. The number of halogens is 1. The summed E-state index contributed by atoms with van der Waals surface area (Å²) in [5, 5.41) is 2.97. The first kappa shape index (κ1) is 19.9. The molecule has 0 unspecified atom stereocenters. The average Bonchev–Trinajstić information content (AvgIpc) is 3.40. The maximum absolute atomic E-state index is 13.9. The molecule has 7 heteroatoms. The Morgan fingerprint density at radius 1 is 1.17 bits per heavy atom. The molecule has 2 heterocycles. The predicted octanol–water partition coefficient (Wildman–Crippen LogP) is 4.24. The fourth-order valence-electron chi connectivity index (χ4n) is 3.26. The van der Waals surface area contributed by atoms with Gasteiger partial charge in [0.05, 0.1) is 11.8 Å². The molecule has 2 aromatic carbocycles. The standard InChI is InChI=1S/C23H23FN2O4/c1-23(2,15-7-8-18-19(11-15)29-14-28-18)13-26-21(27)9-10-22-25-12-20(30-22)16-5-3-4-6-17(16)24/h3-8,11-12H,9-10,13-14H2,1-2H3,(H,26,27). The number of aryl methyl sites for hydroxylation is 1. The van der Waals surface area contributed by atoms with Crippen LogP contribution in [0.5, 0.6) is 11.5 Å². The molecule has 1 aliphatic heterocycles. The first-order valence-electron chi connectivity index (χ1n) is 9.79. The fraction of sp³-hybridized carbons (Fsp3) is 0.304. The van der Waals surface area contributed by atoms with Crippen LogP contribution in [-0.2, 0) is 16.6 Å². The van der Waals surface area contributed by atoms with Crippen molar-refractivity contribution in [1.29, 1.82) is 0 Å². The Labute approximate surface area is 174 Å². The van der Waals surface area contributed by atoms with E-state index in [4.69, 9.17) is 13.9 Å². The normalized spacial score (nSPS) is 12.8. The molecule has 156 valence electrons. The van der Waals surface area contributed by atoms with Gasteiger partial charge in [-0.2, -0.15) is 0 Å². The first-order chi connectivity index (χ1) is 14.4. The van der Waals surface area contributed by atoms with Crippen LogP contribution < -0.4 is 14.8 Å². The second-order valence-corrected chi connectivity index (χ2v) is 7.83. The van der Waals surface area contributed by atoms with Crippen molar-refractivity contribution >= 4 is 5.91 Å². The van der Waals surface area contributed by atoms with Gasteiger partial charge in [-0.25, -0.2) is 9.37 Å². The van der Waals surface area contributed by atoms with Crippen molar-refractivity contribution < 1.29 is 23.1 Å². The van der Waals surface area contributed by atoms with Crippen molar-refractivity contribution in [2.45, 2.75) is 32.1 Å². The highest BCUT2D eigenvalue weighted by Crippen LogP contribution is 2.36. The van der Waals surface area contributed by atoms with Gasteiger partial charge in [0.2, 0.25) is 12.7 Å². The minimum Gasteiger partial charge on any atom is -0.454 e. The first-order valence-corrected chi connectivity index (χ1v) is 9.79. The largest absolute Gasteiger partial charge is 0.454 e. The minimum absolute atomic E-state index is 0.102. The van der Waals surface area contributed by atoms with Crippen molar-refractivity contribution in [2.24, 2.45) is 0 Å². The van der Waals surface area contributed by atoms with Gasteiger partial charge < -0.3 is 19.2 Å². The van der Waals surface area contributed by atoms with Gasteiger partial charge in [0.1, 0.15) is 5.82 Å². The van der Waals surface area contributed by atoms with Crippen LogP contribution >= 0.6 is 0 Å². The maximum atomic E-state index is 13.9. The number of carbonyl (C=O) groups excluding carboxylic acids is 1. The third-order valence-corrected chi connectivity index (χ3v) is 5.14. The van der Waals surface area contributed by atoms with E-state index in [-0.39, 0.29) is 30.4 Å². The lowest BCUT2D eigenvalue weighted by molar-refractivity contribution is -0.121. The summed E-state index contributed by atoms with van der Waals surface area (Å²) in [7, 11) is 0. The van der Waals surface area contributed by atoms with Crippen LogP contribution in [0.3, 0.4) is 0 Å². The summed E-state index contributed by atoms with van der Waals surface area (Å²) in [5.41, 5.74) is 1.12. The molecule has 0 spiro atoms. The van der Waals surface area contributed by atoms with Crippen molar-refractivity contribution in [2.75, 3.05) is 13.3 Å². The molecule has 1 amide bonds. The monoisotopic (exact) mass is 410 g/mol. The van der Waals surface area contributed by atoms with E-state index in [1.165, 1.54) is 12.3 Å². The zero-order valence-electron chi connectivity index (χ0n) is 16.9. The van der Waals surface area contributed by atoms with Gasteiger partial charge in [-0.15, -0.1) is 0 Å². The van der Waals surface area contributed by atoms with Crippen LogP contribution in [0.15, 0.2) is 53.1 Å². The molecule has 1 N–H and O–H groups in total. The number of nitrogens with one attached hydrogen (secondary N) is 1. The number of amides is 1. The van der Waals surface area contributed by atoms with Crippen LogP contribution in [-0.4, -0.2) is 24.2 Å². The highest BCUT2D eigenvalue weighted by Gasteiger charge is 2.24. The van der Waals surface area contributed by atoms with Crippen LogP contribution in [0.2, 0.25) is 0 Å². The molecule has 0 fully saturated rings. The molecular weight excluding hydrogens is 387 g/mol. The Kier molecular flexibility index (Phi) is 5.44. The van der Waals surface area contributed by atoms with E-state index in [0.717, 1.165) is 17.1 Å². The van der Waals surface area contributed by atoms with Gasteiger partial charge in [0, 0.05) is 24.8 Å². The third-order valence-electron chi connectivity index (χ3n) is 5.14. The van der Waals surface area contributed by atoms with E-state index in [1.54, 1.807) is 18.2 Å². The maximum Gasteiger partial charge on any atom is 0.231 e. The highest BCUT2D eigenvalue weighted by molar-refractivity contribution is 5.76. The summed E-state index contributed by atoms with van der Waals surface area (Å²) in [6.45, 7) is 4.81. The van der Waals surface area contributed by atoms with Crippen molar-refractivity contribution in [1.82, 2.24) is 10.3 Å². The van der Waals surface area contributed by atoms with E-state index in [2.05, 4.69) is 24.1 Å². The number of nitrogens with zero attached hydrogens (tertiary/aromatic N) is 1. The fourth-order valence-corrected chi connectivity index (χ4v) is 3.26. The summed E-state index contributed by atoms with van der Waals surface area (Å²) < 4.78 is 30.2. The number of carbonyl (C=O) groups is 1. The van der Waals surface area contributed by atoms with Gasteiger partial charge in [-0.1, -0.05) is 32.0 Å². The number of hydrogen-bond acceptors (Lipinski definition) is 5. The smallest absolute Gasteiger partial charge is 0.231 e. The van der Waals surface area contributed by atoms with E-state index in [9.17, 15) is 9.18 Å². The molecule has 4 rings (SSSR count). The quantitative estimate of drug-likeness (QED) is 0.631. The molecular formula is C23H23FN2O4. The van der Waals surface area contributed by atoms with Crippen LogP contribution in [0.25, 0.3) is 11.3 Å². The van der Waals surface area contributed by atoms with Gasteiger partial charge in [0.25, 0.3) is 0 Å². The molecule has 0 saturated carbocycles. The number of hydrogen-bond donors (Lipinski definition) is 1. The summed E-state index contributed by atoms with van der Waals surface area (Å²) in [6.07, 6.45) is 2.05. The molecule has 1 aromatic heterocycles. The molecule has 0 bridgehead atoms. The van der Waals surface area contributed by atoms with Gasteiger partial charge >= 0.3 is 0 Å². The molecule has 0 radical (unpaired) electrons. The zero-order valence-corrected chi connectivity index (χ0v) is 16.9. The number of rotatable bonds is 7. The lowest BCUT2D eigenvalue weighted by Crippen LogP contribution is -2.36. The third kappa shape index (κ3) is 4.30. The molecule has 0 atom stereocenters. The summed E-state index contributed by atoms with van der Waals surface area (Å²) >= 11 is 0. The van der Waals surface area contributed by atoms with E-state index < -0.39 is 0 Å². The van der Waals surface area contributed by atoms with Crippen LogP contribution in [0.4, 0.5) is 4.39 Å². The lowest BCUT2D eigenvalue weighted by atomic mass is 9.84. The Balaban J connectivity index is 1.30. The minimum atomic E-state index is -0.372. The molecule has 30 heavy (non-hydrogen) atoms. The topological polar surface area (TPSA) is 73.6 Å². The zero-order chi connectivity index (χ0) is 21.1. The molecule has 0 saturated heterocycles. The van der Waals surface area contributed by atoms with E-state index in [0.29, 0.717) is 30.2 Å². The molecule has 1 aliphatic rings. The number of aromatic nitrogens is 1. The molecule has 3 aromatic rings. The lowest BCUT2D eigenvalue weighted by Gasteiger charge is -2.26. The SMILES string of the molecule is CC(C)(CNC(=O)CCc1ncc(-c2ccccc2F)o1)c1ccc2c(c1)OCO2. The van der Waals surface area contributed by atoms with Crippen molar-refractivity contribution in [3.8, 4) is 22.8 Å². The van der Waals surface area contributed by atoms with E-state index in [1.807, 2.05) is 18.2 Å². The summed E-state index contributed by atoms with van der Waals surface area (Å²) in [4.78, 5) is 16.5. The molecule has 0 aliphatic carbocycles. The number of benzene rings is 2. The second kappa shape index (κ2) is 8.18. The van der Waals surface area contributed by atoms with Gasteiger partial charge in [-0.3, -0.25) is 4.79 Å². The Morgan fingerprint density at radius 2 is 1.97 bits per heavy atom. The number of oxazole rings is 1. The van der Waals surface area contributed by atoms with Crippen molar-refractivity contribution in [3.05, 3.63) is 65.9 Å². The number of fused-ring (bicyclic) bond motifs is 1. The van der Waals surface area contributed by atoms with Crippen LogP contribution in [0, 0.1) is 5.82 Å². The van der Waals surface area contributed by atoms with Crippen LogP contribution in [0.1, 0.15) is 31.7 Å². The Morgan fingerprint density at radius 3 is 2.80 bits per heavy atom. The second-order valence-electron chi connectivity index (χ2n) is 7.83. The average molecular weight is 410 g/mol. The Hall–Kier alpha value is -3.35. The van der Waals surface area contributed by atoms with Gasteiger partial charge in [0.15, 0.2) is 23.1 Å². The molecule has 6 nitrogen and oxygen atoms in total. The van der Waals surface area contributed by atoms with Crippen molar-refractivity contribution in [3.63, 3.8) is 0 Å².